The molecule has 0 unspecified atom stereocenters. The van der Waals surface area contributed by atoms with Gasteiger partial charge in [-0.05, 0) is 78.9 Å². The summed E-state index contributed by atoms with van der Waals surface area (Å²) in [6, 6.07) is 18.5. The first kappa shape index (κ1) is 19.5. The molecule has 0 radical (unpaired) electrons. The lowest BCUT2D eigenvalue weighted by Gasteiger charge is -2.15. The molecule has 0 spiro atoms. The first-order chi connectivity index (χ1) is 13.5. The SMILES string of the molecule is CCCOc1c(C)cc(-c2ccc(C(=O)O)c(Oc3ccccc3)c2)cc1C. The van der Waals surface area contributed by atoms with Crippen LogP contribution in [0.3, 0.4) is 0 Å². The summed E-state index contributed by atoms with van der Waals surface area (Å²) in [6.45, 7) is 6.81. The Balaban J connectivity index is 2.01. The Labute approximate surface area is 165 Å². The molecule has 0 heterocycles. The van der Waals surface area contributed by atoms with Gasteiger partial charge in [0.15, 0.2) is 0 Å². The summed E-state index contributed by atoms with van der Waals surface area (Å²) in [5.74, 6) is 0.803. The molecule has 0 aliphatic heterocycles. The molecule has 0 atom stereocenters. The van der Waals surface area contributed by atoms with Crippen molar-refractivity contribution < 1.29 is 19.4 Å². The zero-order chi connectivity index (χ0) is 20.1. The lowest BCUT2D eigenvalue weighted by atomic mass is 9.98. The summed E-state index contributed by atoms with van der Waals surface area (Å²) in [7, 11) is 0. The summed E-state index contributed by atoms with van der Waals surface area (Å²) in [5.41, 5.74) is 4.12. The fourth-order valence-corrected chi connectivity index (χ4v) is 3.13. The third-order valence-corrected chi connectivity index (χ3v) is 4.43. The highest BCUT2D eigenvalue weighted by atomic mass is 16.5. The highest BCUT2D eigenvalue weighted by Crippen LogP contribution is 2.34. The van der Waals surface area contributed by atoms with Crippen LogP contribution in [0.1, 0.15) is 34.8 Å². The summed E-state index contributed by atoms with van der Waals surface area (Å²) in [6.07, 6.45) is 0.956. The Morgan fingerprint density at radius 3 is 2.21 bits per heavy atom. The number of ether oxygens (including phenoxy) is 2. The molecule has 0 aliphatic rings. The standard InChI is InChI=1S/C24H24O4/c1-4-12-27-23-16(2)13-19(14-17(23)3)18-10-11-21(24(25)26)22(15-18)28-20-8-6-5-7-9-20/h5-11,13-15H,4,12H2,1-3H3,(H,25,26). The second kappa shape index (κ2) is 8.61. The third-order valence-electron chi connectivity index (χ3n) is 4.43. The predicted octanol–water partition coefficient (Wildman–Crippen LogP) is 6.25. The van der Waals surface area contributed by atoms with Crippen molar-refractivity contribution in [2.45, 2.75) is 27.2 Å². The molecule has 0 amide bonds. The molecule has 0 saturated carbocycles. The van der Waals surface area contributed by atoms with E-state index in [9.17, 15) is 9.90 Å². The van der Waals surface area contributed by atoms with Gasteiger partial charge in [-0.15, -0.1) is 0 Å². The molecule has 4 nitrogen and oxygen atoms in total. The van der Waals surface area contributed by atoms with Crippen molar-refractivity contribution in [3.8, 4) is 28.4 Å². The van der Waals surface area contributed by atoms with Crippen LogP contribution in [0.4, 0.5) is 0 Å². The molecule has 0 aliphatic carbocycles. The number of para-hydroxylation sites is 1. The van der Waals surface area contributed by atoms with Gasteiger partial charge in [0.05, 0.1) is 6.61 Å². The van der Waals surface area contributed by atoms with E-state index in [-0.39, 0.29) is 5.56 Å². The van der Waals surface area contributed by atoms with Gasteiger partial charge in [0.1, 0.15) is 22.8 Å². The Hall–Kier alpha value is -3.27. The van der Waals surface area contributed by atoms with Crippen molar-refractivity contribution in [2.24, 2.45) is 0 Å². The molecule has 28 heavy (non-hydrogen) atoms. The van der Waals surface area contributed by atoms with Crippen LogP contribution in [0.15, 0.2) is 60.7 Å². The van der Waals surface area contributed by atoms with Gasteiger partial charge >= 0.3 is 5.97 Å². The normalized spacial score (nSPS) is 10.5. The highest BCUT2D eigenvalue weighted by Gasteiger charge is 2.15. The minimum Gasteiger partial charge on any atom is -0.493 e. The van der Waals surface area contributed by atoms with Crippen LogP contribution in [-0.2, 0) is 0 Å². The Kier molecular flexibility index (Phi) is 5.99. The van der Waals surface area contributed by atoms with Gasteiger partial charge < -0.3 is 14.6 Å². The quantitative estimate of drug-likeness (QED) is 0.529. The van der Waals surface area contributed by atoms with E-state index in [2.05, 4.69) is 19.1 Å². The van der Waals surface area contributed by atoms with Gasteiger partial charge in [-0.3, -0.25) is 0 Å². The average molecular weight is 376 g/mol. The number of benzene rings is 3. The van der Waals surface area contributed by atoms with Crippen molar-refractivity contribution in [3.63, 3.8) is 0 Å². The van der Waals surface area contributed by atoms with Gasteiger partial charge in [-0.2, -0.15) is 0 Å². The van der Waals surface area contributed by atoms with Gasteiger partial charge in [-0.25, -0.2) is 4.79 Å². The summed E-state index contributed by atoms with van der Waals surface area (Å²) >= 11 is 0. The maximum absolute atomic E-state index is 11.6. The number of rotatable bonds is 7. The summed E-state index contributed by atoms with van der Waals surface area (Å²) < 4.78 is 11.7. The number of carbonyl (C=O) groups is 1. The van der Waals surface area contributed by atoms with Crippen LogP contribution in [0.5, 0.6) is 17.2 Å². The van der Waals surface area contributed by atoms with E-state index in [0.29, 0.717) is 18.1 Å². The van der Waals surface area contributed by atoms with Crippen LogP contribution in [0.2, 0.25) is 0 Å². The molecule has 3 aromatic carbocycles. The van der Waals surface area contributed by atoms with Crippen molar-refractivity contribution >= 4 is 5.97 Å². The molecule has 1 N–H and O–H groups in total. The van der Waals surface area contributed by atoms with Crippen LogP contribution < -0.4 is 9.47 Å². The van der Waals surface area contributed by atoms with Crippen LogP contribution in [0.25, 0.3) is 11.1 Å². The Morgan fingerprint density at radius 1 is 0.929 bits per heavy atom. The van der Waals surface area contributed by atoms with Gasteiger partial charge in [0.25, 0.3) is 0 Å². The second-order valence-electron chi connectivity index (χ2n) is 6.72. The lowest BCUT2D eigenvalue weighted by Crippen LogP contribution is -2.01. The van der Waals surface area contributed by atoms with Gasteiger partial charge in [0.2, 0.25) is 0 Å². The molecule has 0 fully saturated rings. The minimum absolute atomic E-state index is 0.129. The van der Waals surface area contributed by atoms with E-state index in [1.807, 2.05) is 38.1 Å². The summed E-state index contributed by atoms with van der Waals surface area (Å²) in [5, 5.41) is 9.52. The first-order valence-corrected chi connectivity index (χ1v) is 9.34. The maximum Gasteiger partial charge on any atom is 0.339 e. The average Bonchev–Trinajstić information content (AvgIpc) is 2.68. The molecule has 4 heteroatoms. The predicted molar refractivity (Wildman–Crippen MR) is 111 cm³/mol. The number of aryl methyl sites for hydroxylation is 2. The molecular weight excluding hydrogens is 352 g/mol. The zero-order valence-electron chi connectivity index (χ0n) is 16.4. The molecule has 144 valence electrons. The molecular formula is C24H24O4. The van der Waals surface area contributed by atoms with E-state index >= 15 is 0 Å². The fraction of sp³-hybridized carbons (Fsp3) is 0.208. The number of carboxylic acid groups (broad SMARTS) is 1. The number of aromatic carboxylic acids is 1. The van der Waals surface area contributed by atoms with Crippen molar-refractivity contribution in [2.75, 3.05) is 6.61 Å². The maximum atomic E-state index is 11.6. The second-order valence-corrected chi connectivity index (χ2v) is 6.72. The first-order valence-electron chi connectivity index (χ1n) is 9.34. The third kappa shape index (κ3) is 4.34. The van der Waals surface area contributed by atoms with Crippen molar-refractivity contribution in [1.29, 1.82) is 0 Å². The Morgan fingerprint density at radius 2 is 1.61 bits per heavy atom. The smallest absolute Gasteiger partial charge is 0.339 e. The van der Waals surface area contributed by atoms with Crippen LogP contribution in [0, 0.1) is 13.8 Å². The van der Waals surface area contributed by atoms with Gasteiger partial charge in [-0.1, -0.05) is 31.2 Å². The Bertz CT molecular complexity index is 954. The topological polar surface area (TPSA) is 55.8 Å². The van der Waals surface area contributed by atoms with Crippen LogP contribution in [-0.4, -0.2) is 17.7 Å². The van der Waals surface area contributed by atoms with E-state index in [4.69, 9.17) is 9.47 Å². The monoisotopic (exact) mass is 376 g/mol. The van der Waals surface area contributed by atoms with Crippen molar-refractivity contribution in [3.05, 3.63) is 77.4 Å². The lowest BCUT2D eigenvalue weighted by molar-refractivity contribution is 0.0694. The molecule has 0 saturated heterocycles. The highest BCUT2D eigenvalue weighted by molar-refractivity contribution is 5.92. The molecule has 0 bridgehead atoms. The van der Waals surface area contributed by atoms with E-state index in [1.165, 1.54) is 0 Å². The number of carboxylic acids is 1. The largest absolute Gasteiger partial charge is 0.493 e. The molecule has 3 rings (SSSR count). The number of hydrogen-bond donors (Lipinski definition) is 1. The van der Waals surface area contributed by atoms with E-state index in [1.54, 1.807) is 24.3 Å². The minimum atomic E-state index is -1.02. The molecule has 0 aromatic heterocycles. The fourth-order valence-electron chi connectivity index (χ4n) is 3.13. The zero-order valence-corrected chi connectivity index (χ0v) is 16.4. The van der Waals surface area contributed by atoms with Crippen LogP contribution >= 0.6 is 0 Å². The summed E-state index contributed by atoms with van der Waals surface area (Å²) in [4.78, 5) is 11.6. The number of hydrogen-bond acceptors (Lipinski definition) is 3. The van der Waals surface area contributed by atoms with Crippen molar-refractivity contribution in [1.82, 2.24) is 0 Å². The van der Waals surface area contributed by atoms with E-state index < -0.39 is 5.97 Å². The van der Waals surface area contributed by atoms with Gasteiger partial charge in [0, 0.05) is 0 Å². The van der Waals surface area contributed by atoms with E-state index in [0.717, 1.165) is 34.4 Å². The molecule has 3 aromatic rings.